The molecule has 3 aromatic rings. The van der Waals surface area contributed by atoms with Crippen LogP contribution in [0.4, 0.5) is 5.69 Å². The summed E-state index contributed by atoms with van der Waals surface area (Å²) >= 11 is 12.1. The van der Waals surface area contributed by atoms with E-state index in [9.17, 15) is 14.4 Å². The topological polar surface area (TPSA) is 90.9 Å². The molecule has 2 heterocycles. The molecule has 1 amide bonds. The van der Waals surface area contributed by atoms with Crippen LogP contribution in [0.5, 0.6) is 0 Å². The normalized spacial score (nSPS) is 11.1. The highest BCUT2D eigenvalue weighted by atomic mass is 35.5. The van der Waals surface area contributed by atoms with Crippen LogP contribution in [0.15, 0.2) is 27.8 Å². The molecule has 0 aliphatic heterocycles. The molecule has 10 heteroatoms. The zero-order chi connectivity index (χ0) is 19.2. The summed E-state index contributed by atoms with van der Waals surface area (Å²) in [6.45, 7) is 1.59. The van der Waals surface area contributed by atoms with Crippen molar-refractivity contribution in [2.75, 3.05) is 5.32 Å². The lowest BCUT2D eigenvalue weighted by molar-refractivity contribution is -0.116. The van der Waals surface area contributed by atoms with Crippen molar-refractivity contribution in [2.45, 2.75) is 13.5 Å². The van der Waals surface area contributed by atoms with Gasteiger partial charge in [0.1, 0.15) is 6.54 Å². The number of aromatic nitrogens is 4. The maximum Gasteiger partial charge on any atom is 0.332 e. The Morgan fingerprint density at radius 1 is 1.19 bits per heavy atom. The molecule has 1 N–H and O–H groups in total. The molecule has 0 spiro atoms. The molecular formula is C16H15Cl2N5O3. The van der Waals surface area contributed by atoms with Crippen LogP contribution >= 0.6 is 23.2 Å². The van der Waals surface area contributed by atoms with E-state index in [2.05, 4.69) is 10.3 Å². The first-order chi connectivity index (χ1) is 12.2. The average molecular weight is 396 g/mol. The third kappa shape index (κ3) is 3.02. The summed E-state index contributed by atoms with van der Waals surface area (Å²) in [5, 5.41) is 3.16. The van der Waals surface area contributed by atoms with Crippen molar-refractivity contribution in [1.82, 2.24) is 18.7 Å². The maximum atomic E-state index is 12.5. The Morgan fingerprint density at radius 3 is 2.58 bits per heavy atom. The fraction of sp³-hybridized carbons (Fsp3) is 0.250. The fourth-order valence-electron chi connectivity index (χ4n) is 2.63. The first-order valence-electron chi connectivity index (χ1n) is 7.58. The fourth-order valence-corrected chi connectivity index (χ4v) is 3.02. The summed E-state index contributed by atoms with van der Waals surface area (Å²) in [6.07, 6.45) is 0. The molecule has 0 fully saturated rings. The van der Waals surface area contributed by atoms with Crippen molar-refractivity contribution in [2.24, 2.45) is 14.1 Å². The molecule has 1 aromatic carbocycles. The molecular weight excluding hydrogens is 381 g/mol. The van der Waals surface area contributed by atoms with Gasteiger partial charge in [-0.15, -0.1) is 0 Å². The van der Waals surface area contributed by atoms with Crippen molar-refractivity contribution in [3.63, 3.8) is 0 Å². The Morgan fingerprint density at radius 2 is 1.88 bits per heavy atom. The average Bonchev–Trinajstić information content (AvgIpc) is 2.91. The van der Waals surface area contributed by atoms with E-state index >= 15 is 0 Å². The zero-order valence-electron chi connectivity index (χ0n) is 14.2. The third-order valence-corrected chi connectivity index (χ3v) is 4.60. The number of fused-ring (bicyclic) bond motifs is 1. The van der Waals surface area contributed by atoms with Gasteiger partial charge in [0.15, 0.2) is 11.2 Å². The number of carbonyl (C=O) groups excluding carboxylic acids is 1. The highest BCUT2D eigenvalue weighted by Gasteiger charge is 2.20. The van der Waals surface area contributed by atoms with Crippen LogP contribution in [-0.2, 0) is 25.4 Å². The maximum absolute atomic E-state index is 12.5. The molecule has 8 nitrogen and oxygen atoms in total. The summed E-state index contributed by atoms with van der Waals surface area (Å²) in [7, 11) is 2.83. The largest absolute Gasteiger partial charge is 0.332 e. The van der Waals surface area contributed by atoms with E-state index in [1.54, 1.807) is 18.2 Å². The molecule has 0 unspecified atom stereocenters. The van der Waals surface area contributed by atoms with E-state index < -0.39 is 17.2 Å². The number of amides is 1. The molecule has 0 aliphatic rings. The van der Waals surface area contributed by atoms with Gasteiger partial charge in [-0.3, -0.25) is 23.3 Å². The number of nitrogens with one attached hydrogen (secondary N) is 1. The number of hydrogen-bond acceptors (Lipinski definition) is 4. The number of carbonyl (C=O) groups is 1. The molecule has 0 aliphatic carbocycles. The molecule has 3 rings (SSSR count). The number of rotatable bonds is 3. The smallest absolute Gasteiger partial charge is 0.324 e. The molecule has 0 saturated carbocycles. The lowest BCUT2D eigenvalue weighted by Crippen LogP contribution is -2.37. The Kier molecular flexibility index (Phi) is 4.64. The number of aryl methyl sites for hydroxylation is 2. The lowest BCUT2D eigenvalue weighted by atomic mass is 10.2. The van der Waals surface area contributed by atoms with Crippen molar-refractivity contribution in [3.8, 4) is 0 Å². The Bertz CT molecular complexity index is 1160. The molecule has 0 atom stereocenters. The van der Waals surface area contributed by atoms with E-state index in [4.69, 9.17) is 23.2 Å². The van der Waals surface area contributed by atoms with E-state index in [-0.39, 0.29) is 23.0 Å². The SMILES string of the molecule is Cc1ccc(Cl)cc1NC(=O)Cn1c(Cl)nc2c1c(=O)n(C)c(=O)n2C. The van der Waals surface area contributed by atoms with Crippen LogP contribution in [-0.4, -0.2) is 24.6 Å². The van der Waals surface area contributed by atoms with Crippen LogP contribution < -0.4 is 16.6 Å². The van der Waals surface area contributed by atoms with E-state index in [0.29, 0.717) is 10.7 Å². The molecule has 0 radical (unpaired) electrons. The van der Waals surface area contributed by atoms with Crippen LogP contribution in [0.3, 0.4) is 0 Å². The number of anilines is 1. The van der Waals surface area contributed by atoms with Crippen molar-refractivity contribution in [1.29, 1.82) is 0 Å². The summed E-state index contributed by atoms with van der Waals surface area (Å²) in [4.78, 5) is 40.9. The summed E-state index contributed by atoms with van der Waals surface area (Å²) in [6, 6.07) is 5.13. The van der Waals surface area contributed by atoms with E-state index in [1.165, 1.54) is 23.2 Å². The third-order valence-electron chi connectivity index (χ3n) is 4.08. The Balaban J connectivity index is 2.03. The highest BCUT2D eigenvalue weighted by Crippen LogP contribution is 2.21. The van der Waals surface area contributed by atoms with Gasteiger partial charge in [-0.1, -0.05) is 17.7 Å². The van der Waals surface area contributed by atoms with Crippen LogP contribution in [0, 0.1) is 6.92 Å². The minimum absolute atomic E-state index is 0.0590. The second-order valence-corrected chi connectivity index (χ2v) is 6.63. The van der Waals surface area contributed by atoms with Gasteiger partial charge in [0.2, 0.25) is 11.2 Å². The Hall–Kier alpha value is -2.58. The van der Waals surface area contributed by atoms with Gasteiger partial charge in [-0.2, -0.15) is 4.98 Å². The van der Waals surface area contributed by atoms with Crippen LogP contribution in [0.2, 0.25) is 10.3 Å². The van der Waals surface area contributed by atoms with Gasteiger partial charge in [-0.05, 0) is 36.2 Å². The number of benzene rings is 1. The van der Waals surface area contributed by atoms with Gasteiger partial charge >= 0.3 is 5.69 Å². The number of halogens is 2. The number of imidazole rings is 1. The molecule has 136 valence electrons. The van der Waals surface area contributed by atoms with Gasteiger partial charge in [-0.25, -0.2) is 4.79 Å². The predicted octanol–water partition coefficient (Wildman–Crippen LogP) is 1.69. The first-order valence-corrected chi connectivity index (χ1v) is 8.34. The quantitative estimate of drug-likeness (QED) is 0.683. The van der Waals surface area contributed by atoms with Crippen molar-refractivity contribution in [3.05, 3.63) is 54.9 Å². The van der Waals surface area contributed by atoms with E-state index in [1.807, 2.05) is 6.92 Å². The second kappa shape index (κ2) is 6.62. The number of hydrogen-bond donors (Lipinski definition) is 1. The van der Waals surface area contributed by atoms with Gasteiger partial charge < -0.3 is 5.32 Å². The summed E-state index contributed by atoms with van der Waals surface area (Å²) < 4.78 is 3.42. The van der Waals surface area contributed by atoms with Crippen LogP contribution in [0.25, 0.3) is 11.2 Å². The summed E-state index contributed by atoms with van der Waals surface area (Å²) in [5.74, 6) is -0.410. The first kappa shape index (κ1) is 18.2. The Labute approximate surface area is 157 Å². The standard InChI is InChI=1S/C16H15Cl2N5O3/c1-8-4-5-9(17)6-10(8)19-11(24)7-23-12-13(20-15(23)18)21(2)16(26)22(3)14(12)25/h4-6H,7H2,1-3H3,(H,19,24). The molecule has 0 saturated heterocycles. The minimum atomic E-state index is -0.575. The zero-order valence-corrected chi connectivity index (χ0v) is 15.7. The monoisotopic (exact) mass is 395 g/mol. The predicted molar refractivity (Wildman–Crippen MR) is 100 cm³/mol. The van der Waals surface area contributed by atoms with Gasteiger partial charge in [0.25, 0.3) is 5.56 Å². The van der Waals surface area contributed by atoms with Crippen LogP contribution in [0.1, 0.15) is 5.56 Å². The van der Waals surface area contributed by atoms with E-state index in [0.717, 1.165) is 10.1 Å². The minimum Gasteiger partial charge on any atom is -0.324 e. The molecule has 0 bridgehead atoms. The van der Waals surface area contributed by atoms with Crippen molar-refractivity contribution >= 4 is 46.0 Å². The lowest BCUT2D eigenvalue weighted by Gasteiger charge is -2.10. The number of nitrogens with zero attached hydrogens (tertiary/aromatic N) is 4. The van der Waals surface area contributed by atoms with Gasteiger partial charge in [0, 0.05) is 24.8 Å². The van der Waals surface area contributed by atoms with Crippen molar-refractivity contribution < 1.29 is 4.79 Å². The second-order valence-electron chi connectivity index (χ2n) is 5.85. The highest BCUT2D eigenvalue weighted by molar-refractivity contribution is 6.31. The molecule has 2 aromatic heterocycles. The summed E-state index contributed by atoms with van der Waals surface area (Å²) in [5.41, 5.74) is 0.496. The molecule has 26 heavy (non-hydrogen) atoms. The van der Waals surface area contributed by atoms with Gasteiger partial charge in [0.05, 0.1) is 0 Å².